The molecule has 11 heavy (non-hydrogen) atoms. The lowest BCUT2D eigenvalue weighted by Gasteiger charge is -2.41. The van der Waals surface area contributed by atoms with Gasteiger partial charge in [0, 0.05) is 6.61 Å². The summed E-state index contributed by atoms with van der Waals surface area (Å²) in [5.41, 5.74) is 5.64. The molecule has 0 saturated heterocycles. The minimum absolute atomic E-state index is 0.259. The molecule has 0 aliphatic heterocycles. The van der Waals surface area contributed by atoms with Crippen LogP contribution in [0.25, 0.3) is 0 Å². The Morgan fingerprint density at radius 1 is 1.45 bits per heavy atom. The first-order valence-electron chi connectivity index (χ1n) is 4.67. The molecule has 2 N–H and O–H groups in total. The Hall–Kier alpha value is -0.0800. The summed E-state index contributed by atoms with van der Waals surface area (Å²) in [6, 6.07) is 0. The summed E-state index contributed by atoms with van der Waals surface area (Å²) in [4.78, 5) is 0. The third-order valence-corrected chi connectivity index (χ3v) is 2.67. The van der Waals surface area contributed by atoms with Gasteiger partial charge in [-0.15, -0.1) is 0 Å². The highest BCUT2D eigenvalue weighted by molar-refractivity contribution is 4.88. The summed E-state index contributed by atoms with van der Waals surface area (Å²) < 4.78 is 5.78. The lowest BCUT2D eigenvalue weighted by Crippen LogP contribution is -2.39. The van der Waals surface area contributed by atoms with E-state index in [4.69, 9.17) is 10.5 Å². The fourth-order valence-corrected chi connectivity index (χ4v) is 1.54. The molecule has 0 heterocycles. The van der Waals surface area contributed by atoms with E-state index in [0.29, 0.717) is 0 Å². The molecule has 0 aromatic rings. The van der Waals surface area contributed by atoms with Gasteiger partial charge in [-0.2, -0.15) is 0 Å². The largest absolute Gasteiger partial charge is 0.375 e. The monoisotopic (exact) mass is 157 g/mol. The fourth-order valence-electron chi connectivity index (χ4n) is 1.54. The van der Waals surface area contributed by atoms with Crippen LogP contribution in [0.4, 0.5) is 0 Å². The van der Waals surface area contributed by atoms with Gasteiger partial charge in [0.25, 0.3) is 0 Å². The van der Waals surface area contributed by atoms with E-state index < -0.39 is 0 Å². The molecule has 0 bridgehead atoms. The predicted octanol–water partition coefficient (Wildman–Crippen LogP) is 1.68. The van der Waals surface area contributed by atoms with Crippen molar-refractivity contribution in [1.82, 2.24) is 0 Å². The van der Waals surface area contributed by atoms with Gasteiger partial charge in [-0.25, -0.2) is 0 Å². The number of ether oxygens (including phenoxy) is 1. The van der Waals surface area contributed by atoms with E-state index in [1.165, 1.54) is 19.3 Å². The lowest BCUT2D eigenvalue weighted by molar-refractivity contribution is -0.102. The molecule has 0 amide bonds. The topological polar surface area (TPSA) is 35.2 Å². The van der Waals surface area contributed by atoms with Crippen molar-refractivity contribution in [3.05, 3.63) is 0 Å². The molecule has 0 radical (unpaired) electrons. The molecule has 0 unspecified atom stereocenters. The van der Waals surface area contributed by atoms with E-state index in [9.17, 15) is 0 Å². The molecule has 0 atom stereocenters. The van der Waals surface area contributed by atoms with Crippen LogP contribution in [-0.2, 0) is 4.74 Å². The van der Waals surface area contributed by atoms with Gasteiger partial charge in [0.15, 0.2) is 0 Å². The zero-order chi connectivity index (χ0) is 8.16. The molecule has 66 valence electrons. The number of hydrogen-bond acceptors (Lipinski definition) is 2. The Bertz CT molecular complexity index is 105. The molecule has 0 aromatic carbocycles. The first-order chi connectivity index (χ1) is 5.33. The zero-order valence-corrected chi connectivity index (χ0v) is 7.44. The van der Waals surface area contributed by atoms with Crippen molar-refractivity contribution < 1.29 is 4.74 Å². The van der Waals surface area contributed by atoms with Crippen LogP contribution >= 0.6 is 0 Å². The van der Waals surface area contributed by atoms with Gasteiger partial charge in [0.1, 0.15) is 0 Å². The minimum atomic E-state index is 0.259. The number of nitrogens with two attached hydrogens (primary N) is 1. The van der Waals surface area contributed by atoms with Crippen molar-refractivity contribution in [3.63, 3.8) is 0 Å². The summed E-state index contributed by atoms with van der Waals surface area (Å²) in [6.07, 6.45) is 6.03. The lowest BCUT2D eigenvalue weighted by atomic mass is 9.78. The average Bonchev–Trinajstić information content (AvgIpc) is 1.95. The molecule has 2 heteroatoms. The Kier molecular flexibility index (Phi) is 3.34. The maximum atomic E-state index is 5.78. The Morgan fingerprint density at radius 2 is 2.18 bits per heavy atom. The van der Waals surface area contributed by atoms with Crippen molar-refractivity contribution >= 4 is 0 Å². The minimum Gasteiger partial charge on any atom is -0.375 e. The Balaban J connectivity index is 2.11. The highest BCUT2D eigenvalue weighted by atomic mass is 16.5. The fraction of sp³-hybridized carbons (Fsp3) is 1.00. The van der Waals surface area contributed by atoms with Gasteiger partial charge in [-0.05, 0) is 38.6 Å². The number of rotatable bonds is 5. The second-order valence-corrected chi connectivity index (χ2v) is 3.38. The zero-order valence-electron chi connectivity index (χ0n) is 7.44. The van der Waals surface area contributed by atoms with E-state index in [-0.39, 0.29) is 5.60 Å². The van der Waals surface area contributed by atoms with Crippen LogP contribution in [-0.4, -0.2) is 18.8 Å². The van der Waals surface area contributed by atoms with E-state index >= 15 is 0 Å². The third-order valence-electron chi connectivity index (χ3n) is 2.67. The number of hydrogen-bond donors (Lipinski definition) is 1. The van der Waals surface area contributed by atoms with Crippen LogP contribution < -0.4 is 5.73 Å². The van der Waals surface area contributed by atoms with Gasteiger partial charge in [0.05, 0.1) is 5.60 Å². The standard InChI is InChI=1S/C9H19NO/c1-2-9(5-3-6-9)11-8-4-7-10/h2-8,10H2,1H3. The van der Waals surface area contributed by atoms with Gasteiger partial charge in [-0.1, -0.05) is 6.92 Å². The van der Waals surface area contributed by atoms with Crippen molar-refractivity contribution in [1.29, 1.82) is 0 Å². The van der Waals surface area contributed by atoms with Crippen molar-refractivity contribution in [2.24, 2.45) is 5.73 Å². The molecule has 1 aliphatic rings. The van der Waals surface area contributed by atoms with Crippen LogP contribution in [0.2, 0.25) is 0 Å². The van der Waals surface area contributed by atoms with Gasteiger partial charge in [-0.3, -0.25) is 0 Å². The van der Waals surface area contributed by atoms with Crippen molar-refractivity contribution in [2.45, 2.75) is 44.6 Å². The molecule has 1 rings (SSSR count). The summed E-state index contributed by atoms with van der Waals surface area (Å²) in [6.45, 7) is 3.81. The molecule has 1 aliphatic carbocycles. The van der Waals surface area contributed by atoms with E-state index in [1.54, 1.807) is 0 Å². The molecule has 0 spiro atoms. The van der Waals surface area contributed by atoms with Gasteiger partial charge in [0.2, 0.25) is 0 Å². The van der Waals surface area contributed by atoms with Crippen molar-refractivity contribution in [3.8, 4) is 0 Å². The first kappa shape index (κ1) is 9.01. The highest BCUT2D eigenvalue weighted by Crippen LogP contribution is 2.38. The molecule has 0 aromatic heterocycles. The predicted molar refractivity (Wildman–Crippen MR) is 46.5 cm³/mol. The second kappa shape index (κ2) is 4.07. The third kappa shape index (κ3) is 2.17. The van der Waals surface area contributed by atoms with Crippen molar-refractivity contribution in [2.75, 3.05) is 13.2 Å². The molecule has 2 nitrogen and oxygen atoms in total. The molecule has 1 fully saturated rings. The summed E-state index contributed by atoms with van der Waals surface area (Å²) >= 11 is 0. The summed E-state index contributed by atoms with van der Waals surface area (Å²) in [7, 11) is 0. The molecule has 1 saturated carbocycles. The van der Waals surface area contributed by atoms with Crippen LogP contribution in [0, 0.1) is 0 Å². The molecular formula is C9H19NO. The maximum Gasteiger partial charge on any atom is 0.0680 e. The Morgan fingerprint density at radius 3 is 2.55 bits per heavy atom. The van der Waals surface area contributed by atoms with Crippen LogP contribution in [0.15, 0.2) is 0 Å². The normalized spacial score (nSPS) is 21.3. The van der Waals surface area contributed by atoms with Gasteiger partial charge < -0.3 is 10.5 Å². The SMILES string of the molecule is CCC1(OCCCN)CCC1. The average molecular weight is 157 g/mol. The quantitative estimate of drug-likeness (QED) is 0.616. The summed E-state index contributed by atoms with van der Waals surface area (Å²) in [5, 5.41) is 0. The second-order valence-electron chi connectivity index (χ2n) is 3.38. The summed E-state index contributed by atoms with van der Waals surface area (Å²) in [5.74, 6) is 0. The maximum absolute atomic E-state index is 5.78. The van der Waals surface area contributed by atoms with Crippen LogP contribution in [0.5, 0.6) is 0 Å². The first-order valence-corrected chi connectivity index (χ1v) is 4.67. The van der Waals surface area contributed by atoms with Crippen LogP contribution in [0.1, 0.15) is 39.0 Å². The van der Waals surface area contributed by atoms with E-state index in [1.807, 2.05) is 0 Å². The molecular weight excluding hydrogens is 138 g/mol. The van der Waals surface area contributed by atoms with Gasteiger partial charge >= 0.3 is 0 Å². The van der Waals surface area contributed by atoms with E-state index in [0.717, 1.165) is 26.0 Å². The van der Waals surface area contributed by atoms with Crippen LogP contribution in [0.3, 0.4) is 0 Å². The highest BCUT2D eigenvalue weighted by Gasteiger charge is 2.35. The smallest absolute Gasteiger partial charge is 0.0680 e. The van der Waals surface area contributed by atoms with E-state index in [2.05, 4.69) is 6.92 Å². The Labute approximate surface area is 69.1 Å².